The summed E-state index contributed by atoms with van der Waals surface area (Å²) in [5.41, 5.74) is 1.16. The van der Waals surface area contributed by atoms with Gasteiger partial charge in [-0.3, -0.25) is 9.59 Å². The van der Waals surface area contributed by atoms with Crippen LogP contribution in [0.1, 0.15) is 29.7 Å². The maximum atomic E-state index is 11.4. The second kappa shape index (κ2) is 7.66. The molecule has 2 N–H and O–H groups in total. The van der Waals surface area contributed by atoms with E-state index in [2.05, 4.69) is 5.32 Å². The van der Waals surface area contributed by atoms with Crippen LogP contribution in [-0.4, -0.2) is 23.5 Å². The minimum Gasteiger partial charge on any atom is -0.481 e. The van der Waals surface area contributed by atoms with Gasteiger partial charge in [-0.25, -0.2) is 0 Å². The van der Waals surface area contributed by atoms with E-state index in [1.54, 1.807) is 17.4 Å². The molecule has 5 heteroatoms. The molecule has 1 aromatic heterocycles. The van der Waals surface area contributed by atoms with Gasteiger partial charge in [-0.05, 0) is 42.9 Å². The van der Waals surface area contributed by atoms with E-state index >= 15 is 0 Å². The van der Waals surface area contributed by atoms with Crippen molar-refractivity contribution in [2.75, 3.05) is 6.54 Å². The minimum atomic E-state index is -0.797. The second-order valence-electron chi connectivity index (χ2n) is 3.94. The topological polar surface area (TPSA) is 66.4 Å². The summed E-state index contributed by atoms with van der Waals surface area (Å²) in [7, 11) is 0. The SMILES string of the molecule is Cc1ccsc1C=CC(=O)NCCCCC(=O)O. The third-order valence-corrected chi connectivity index (χ3v) is 3.39. The third-order valence-electron chi connectivity index (χ3n) is 2.40. The highest BCUT2D eigenvalue weighted by atomic mass is 32.1. The molecule has 0 aromatic carbocycles. The van der Waals surface area contributed by atoms with Crippen LogP contribution in [0.25, 0.3) is 6.08 Å². The molecule has 0 unspecified atom stereocenters. The second-order valence-corrected chi connectivity index (χ2v) is 4.89. The molecule has 0 aliphatic carbocycles. The number of unbranched alkanes of at least 4 members (excludes halogenated alkanes) is 1. The predicted octanol–water partition coefficient (Wildman–Crippen LogP) is 2.44. The Morgan fingerprint density at radius 2 is 2.22 bits per heavy atom. The standard InChI is InChI=1S/C13H17NO3S/c1-10-7-9-18-11(10)5-6-12(15)14-8-3-2-4-13(16)17/h5-7,9H,2-4,8H2,1H3,(H,14,15)(H,16,17). The van der Waals surface area contributed by atoms with Crippen molar-refractivity contribution in [3.8, 4) is 0 Å². The fraction of sp³-hybridized carbons (Fsp3) is 0.385. The average Bonchev–Trinajstić information content (AvgIpc) is 2.71. The monoisotopic (exact) mass is 267 g/mol. The zero-order valence-corrected chi connectivity index (χ0v) is 11.1. The van der Waals surface area contributed by atoms with Crippen LogP contribution in [0.15, 0.2) is 17.5 Å². The first kappa shape index (κ1) is 14.4. The molecule has 0 radical (unpaired) electrons. The van der Waals surface area contributed by atoms with Gasteiger partial charge in [0.2, 0.25) is 5.91 Å². The van der Waals surface area contributed by atoms with E-state index in [4.69, 9.17) is 5.11 Å². The molecule has 1 rings (SSSR count). The number of nitrogens with one attached hydrogen (secondary N) is 1. The lowest BCUT2D eigenvalue weighted by Crippen LogP contribution is -2.22. The van der Waals surface area contributed by atoms with Gasteiger partial charge in [0.1, 0.15) is 0 Å². The number of carboxylic acids is 1. The Hall–Kier alpha value is -1.62. The summed E-state index contributed by atoms with van der Waals surface area (Å²) in [5, 5.41) is 13.1. The maximum absolute atomic E-state index is 11.4. The summed E-state index contributed by atoms with van der Waals surface area (Å²) in [6.07, 6.45) is 4.73. The van der Waals surface area contributed by atoms with Gasteiger partial charge in [-0.1, -0.05) is 0 Å². The van der Waals surface area contributed by atoms with Crippen molar-refractivity contribution < 1.29 is 14.7 Å². The Labute approximate surface area is 110 Å². The molecule has 4 nitrogen and oxygen atoms in total. The van der Waals surface area contributed by atoms with Crippen LogP contribution in [0.5, 0.6) is 0 Å². The zero-order chi connectivity index (χ0) is 13.4. The van der Waals surface area contributed by atoms with Crippen LogP contribution in [0, 0.1) is 6.92 Å². The summed E-state index contributed by atoms with van der Waals surface area (Å²) in [4.78, 5) is 22.8. The van der Waals surface area contributed by atoms with Gasteiger partial charge >= 0.3 is 5.97 Å². The largest absolute Gasteiger partial charge is 0.481 e. The molecular weight excluding hydrogens is 250 g/mol. The Morgan fingerprint density at radius 1 is 1.44 bits per heavy atom. The summed E-state index contributed by atoms with van der Waals surface area (Å²) >= 11 is 1.59. The van der Waals surface area contributed by atoms with Crippen LogP contribution in [0.2, 0.25) is 0 Å². The normalized spacial score (nSPS) is 10.7. The fourth-order valence-electron chi connectivity index (χ4n) is 1.38. The number of carboxylic acid groups (broad SMARTS) is 1. The molecule has 0 aliphatic rings. The number of carbonyl (C=O) groups excluding carboxylic acids is 1. The molecule has 1 heterocycles. The summed E-state index contributed by atoms with van der Waals surface area (Å²) in [5.74, 6) is -0.937. The number of amides is 1. The summed E-state index contributed by atoms with van der Waals surface area (Å²) < 4.78 is 0. The number of hydrogen-bond donors (Lipinski definition) is 2. The van der Waals surface area contributed by atoms with Gasteiger partial charge in [-0.15, -0.1) is 11.3 Å². The minimum absolute atomic E-state index is 0.141. The van der Waals surface area contributed by atoms with Gasteiger partial charge < -0.3 is 10.4 Å². The number of aryl methyl sites for hydroxylation is 1. The average molecular weight is 267 g/mol. The van der Waals surface area contributed by atoms with Gasteiger partial charge in [-0.2, -0.15) is 0 Å². The predicted molar refractivity (Wildman–Crippen MR) is 72.6 cm³/mol. The third kappa shape index (κ3) is 5.63. The number of aliphatic carboxylic acids is 1. The van der Waals surface area contributed by atoms with Crippen LogP contribution in [0.4, 0.5) is 0 Å². The highest BCUT2D eigenvalue weighted by Gasteiger charge is 1.99. The first-order valence-electron chi connectivity index (χ1n) is 5.81. The number of rotatable bonds is 7. The Bertz CT molecular complexity index is 437. The van der Waals surface area contributed by atoms with Gasteiger partial charge in [0, 0.05) is 23.9 Å². The van der Waals surface area contributed by atoms with Gasteiger partial charge in [0.05, 0.1) is 0 Å². The molecule has 0 bridgehead atoms. The molecule has 1 aromatic rings. The van der Waals surface area contributed by atoms with E-state index < -0.39 is 5.97 Å². The van der Waals surface area contributed by atoms with Gasteiger partial charge in [0.25, 0.3) is 0 Å². The van der Waals surface area contributed by atoms with Crippen molar-refractivity contribution in [2.45, 2.75) is 26.2 Å². The highest BCUT2D eigenvalue weighted by molar-refractivity contribution is 7.11. The first-order valence-corrected chi connectivity index (χ1v) is 6.69. The quantitative estimate of drug-likeness (QED) is 0.589. The highest BCUT2D eigenvalue weighted by Crippen LogP contribution is 2.16. The van der Waals surface area contributed by atoms with E-state index in [1.165, 1.54) is 6.08 Å². The summed E-state index contributed by atoms with van der Waals surface area (Å²) in [6, 6.07) is 2.01. The first-order chi connectivity index (χ1) is 8.59. The number of hydrogen-bond acceptors (Lipinski definition) is 3. The van der Waals surface area contributed by atoms with Gasteiger partial charge in [0.15, 0.2) is 0 Å². The fourth-order valence-corrected chi connectivity index (χ4v) is 2.20. The molecule has 98 valence electrons. The van der Waals surface area contributed by atoms with E-state index in [0.29, 0.717) is 19.4 Å². The maximum Gasteiger partial charge on any atom is 0.303 e. The Kier molecular flexibility index (Phi) is 6.14. The number of carbonyl (C=O) groups is 2. The van der Waals surface area contributed by atoms with Crippen molar-refractivity contribution in [1.29, 1.82) is 0 Å². The molecule has 1 amide bonds. The van der Waals surface area contributed by atoms with E-state index in [9.17, 15) is 9.59 Å². The molecule has 18 heavy (non-hydrogen) atoms. The molecule has 0 fully saturated rings. The van der Waals surface area contributed by atoms with Crippen LogP contribution in [-0.2, 0) is 9.59 Å². The Morgan fingerprint density at radius 3 is 2.83 bits per heavy atom. The van der Waals surface area contributed by atoms with Crippen molar-refractivity contribution >= 4 is 29.3 Å². The van der Waals surface area contributed by atoms with Crippen molar-refractivity contribution in [3.63, 3.8) is 0 Å². The molecule has 0 saturated carbocycles. The lowest BCUT2D eigenvalue weighted by Gasteiger charge is -2.00. The van der Waals surface area contributed by atoms with E-state index in [-0.39, 0.29) is 12.3 Å². The Balaban J connectivity index is 2.20. The zero-order valence-electron chi connectivity index (χ0n) is 10.3. The molecule has 0 spiro atoms. The molecule has 0 saturated heterocycles. The number of thiophene rings is 1. The molecule has 0 aliphatic heterocycles. The molecule has 0 atom stereocenters. The molecular formula is C13H17NO3S. The van der Waals surface area contributed by atoms with Crippen molar-refractivity contribution in [2.24, 2.45) is 0 Å². The van der Waals surface area contributed by atoms with Crippen molar-refractivity contribution in [3.05, 3.63) is 28.0 Å². The smallest absolute Gasteiger partial charge is 0.303 e. The van der Waals surface area contributed by atoms with Crippen LogP contribution in [0.3, 0.4) is 0 Å². The van der Waals surface area contributed by atoms with E-state index in [0.717, 1.165) is 10.4 Å². The van der Waals surface area contributed by atoms with Crippen LogP contribution < -0.4 is 5.32 Å². The summed E-state index contributed by atoms with van der Waals surface area (Å²) in [6.45, 7) is 2.51. The van der Waals surface area contributed by atoms with E-state index in [1.807, 2.05) is 18.4 Å². The lowest BCUT2D eigenvalue weighted by molar-refractivity contribution is -0.137. The van der Waals surface area contributed by atoms with Crippen LogP contribution >= 0.6 is 11.3 Å². The lowest BCUT2D eigenvalue weighted by atomic mass is 10.2. The van der Waals surface area contributed by atoms with Crippen molar-refractivity contribution in [1.82, 2.24) is 5.32 Å².